The summed E-state index contributed by atoms with van der Waals surface area (Å²) in [7, 11) is 0. The highest BCUT2D eigenvalue weighted by Gasteiger charge is 2.13. The van der Waals surface area contributed by atoms with E-state index in [1.54, 1.807) is 6.07 Å². The summed E-state index contributed by atoms with van der Waals surface area (Å²) in [4.78, 5) is 0. The van der Waals surface area contributed by atoms with Crippen LogP contribution in [0, 0.1) is 0 Å². The molecule has 1 unspecified atom stereocenters. The number of hydrogen-bond donors (Lipinski definition) is 1. The Labute approximate surface area is 132 Å². The summed E-state index contributed by atoms with van der Waals surface area (Å²) in [5.41, 5.74) is 1.53. The molecule has 2 rings (SSSR count). The van der Waals surface area contributed by atoms with Crippen molar-refractivity contribution in [1.29, 1.82) is 0 Å². The second-order valence-electron chi connectivity index (χ2n) is 4.82. The van der Waals surface area contributed by atoms with Crippen molar-refractivity contribution in [3.63, 3.8) is 0 Å². The normalized spacial score (nSPS) is 12.5. The van der Waals surface area contributed by atoms with Crippen LogP contribution >= 0.6 is 27.5 Å². The zero-order valence-electron chi connectivity index (χ0n) is 11.3. The van der Waals surface area contributed by atoms with Crippen LogP contribution in [0.1, 0.15) is 31.1 Å². The molecule has 0 bridgehead atoms. The Morgan fingerprint density at radius 1 is 1.10 bits per heavy atom. The molecular weight excluding hydrogens is 340 g/mol. The van der Waals surface area contributed by atoms with E-state index in [1.807, 2.05) is 50.2 Å². The number of halogens is 2. The van der Waals surface area contributed by atoms with Crippen LogP contribution in [-0.4, -0.2) is 11.2 Å². The molecule has 0 aliphatic carbocycles. The van der Waals surface area contributed by atoms with E-state index in [0.29, 0.717) is 5.02 Å². The van der Waals surface area contributed by atoms with Crippen LogP contribution in [0.3, 0.4) is 0 Å². The highest BCUT2D eigenvalue weighted by Crippen LogP contribution is 2.30. The van der Waals surface area contributed by atoms with Gasteiger partial charge in [-0.15, -0.1) is 0 Å². The SMILES string of the molecule is CC(C)Oc1cccc(C(O)c2ccc(Br)c(Cl)c2)c1. The summed E-state index contributed by atoms with van der Waals surface area (Å²) in [6, 6.07) is 12.9. The Morgan fingerprint density at radius 2 is 1.80 bits per heavy atom. The Balaban J connectivity index is 2.28. The van der Waals surface area contributed by atoms with Crippen LogP contribution in [0.5, 0.6) is 5.75 Å². The Hall–Kier alpha value is -1.03. The average molecular weight is 356 g/mol. The number of ether oxygens (including phenoxy) is 1. The number of aliphatic hydroxyl groups is 1. The first-order chi connectivity index (χ1) is 9.47. The van der Waals surface area contributed by atoms with Gasteiger partial charge >= 0.3 is 0 Å². The molecule has 0 aromatic heterocycles. The van der Waals surface area contributed by atoms with Crippen molar-refractivity contribution in [3.05, 3.63) is 63.1 Å². The van der Waals surface area contributed by atoms with Crippen molar-refractivity contribution < 1.29 is 9.84 Å². The van der Waals surface area contributed by atoms with Gasteiger partial charge in [0.25, 0.3) is 0 Å². The minimum atomic E-state index is -0.726. The number of rotatable bonds is 4. The van der Waals surface area contributed by atoms with Crippen molar-refractivity contribution in [2.75, 3.05) is 0 Å². The van der Waals surface area contributed by atoms with E-state index >= 15 is 0 Å². The van der Waals surface area contributed by atoms with Gasteiger partial charge in [0.1, 0.15) is 11.9 Å². The van der Waals surface area contributed by atoms with Gasteiger partial charge in [-0.3, -0.25) is 0 Å². The molecule has 0 amide bonds. The zero-order valence-corrected chi connectivity index (χ0v) is 13.6. The van der Waals surface area contributed by atoms with Gasteiger partial charge in [-0.25, -0.2) is 0 Å². The first-order valence-corrected chi connectivity index (χ1v) is 7.54. The highest BCUT2D eigenvalue weighted by molar-refractivity contribution is 9.10. The van der Waals surface area contributed by atoms with Crippen LogP contribution in [0.2, 0.25) is 5.02 Å². The fourth-order valence-corrected chi connectivity index (χ4v) is 2.34. The molecule has 0 aliphatic heterocycles. The van der Waals surface area contributed by atoms with Crippen LogP contribution in [-0.2, 0) is 0 Å². The first kappa shape index (κ1) is 15.4. The highest BCUT2D eigenvalue weighted by atomic mass is 79.9. The predicted molar refractivity (Wildman–Crippen MR) is 85.4 cm³/mol. The number of benzene rings is 2. The van der Waals surface area contributed by atoms with Crippen molar-refractivity contribution >= 4 is 27.5 Å². The van der Waals surface area contributed by atoms with Gasteiger partial charge in [0.2, 0.25) is 0 Å². The average Bonchev–Trinajstić information content (AvgIpc) is 2.40. The lowest BCUT2D eigenvalue weighted by molar-refractivity contribution is 0.216. The zero-order chi connectivity index (χ0) is 14.7. The summed E-state index contributed by atoms with van der Waals surface area (Å²) in [6.45, 7) is 3.94. The van der Waals surface area contributed by atoms with Gasteiger partial charge in [-0.05, 0) is 65.2 Å². The molecule has 2 aromatic rings. The van der Waals surface area contributed by atoms with Gasteiger partial charge in [0.05, 0.1) is 11.1 Å². The minimum Gasteiger partial charge on any atom is -0.491 e. The summed E-state index contributed by atoms with van der Waals surface area (Å²) >= 11 is 9.40. The maximum absolute atomic E-state index is 10.4. The Bertz CT molecular complexity index is 599. The molecule has 4 heteroatoms. The topological polar surface area (TPSA) is 29.5 Å². The van der Waals surface area contributed by atoms with E-state index in [4.69, 9.17) is 16.3 Å². The maximum Gasteiger partial charge on any atom is 0.120 e. The van der Waals surface area contributed by atoms with Crippen molar-refractivity contribution in [1.82, 2.24) is 0 Å². The molecular formula is C16H16BrClO2. The molecule has 2 aromatic carbocycles. The molecule has 0 aliphatic rings. The van der Waals surface area contributed by atoms with Crippen molar-refractivity contribution in [2.45, 2.75) is 26.1 Å². The van der Waals surface area contributed by atoms with E-state index in [-0.39, 0.29) is 6.10 Å². The Kier molecular flexibility index (Phi) is 5.08. The lowest BCUT2D eigenvalue weighted by Gasteiger charge is -2.15. The lowest BCUT2D eigenvalue weighted by atomic mass is 10.0. The first-order valence-electron chi connectivity index (χ1n) is 6.37. The van der Waals surface area contributed by atoms with Crippen molar-refractivity contribution in [3.8, 4) is 5.75 Å². The predicted octanol–water partition coefficient (Wildman–Crippen LogP) is 4.97. The molecule has 0 saturated carbocycles. The summed E-state index contributed by atoms with van der Waals surface area (Å²) in [6.07, 6.45) is -0.624. The van der Waals surface area contributed by atoms with Crippen LogP contribution in [0.4, 0.5) is 0 Å². The summed E-state index contributed by atoms with van der Waals surface area (Å²) in [5, 5.41) is 11.0. The maximum atomic E-state index is 10.4. The molecule has 1 N–H and O–H groups in total. The molecule has 0 heterocycles. The van der Waals surface area contributed by atoms with Gasteiger partial charge in [-0.1, -0.05) is 29.8 Å². The fourth-order valence-electron chi connectivity index (χ4n) is 1.91. The molecule has 20 heavy (non-hydrogen) atoms. The second kappa shape index (κ2) is 6.61. The molecule has 0 fully saturated rings. The van der Waals surface area contributed by atoms with Crippen LogP contribution in [0.25, 0.3) is 0 Å². The largest absolute Gasteiger partial charge is 0.491 e. The Morgan fingerprint density at radius 3 is 2.45 bits per heavy atom. The van der Waals surface area contributed by atoms with E-state index < -0.39 is 6.10 Å². The molecule has 0 saturated heterocycles. The summed E-state index contributed by atoms with van der Waals surface area (Å²) in [5.74, 6) is 0.750. The van der Waals surface area contributed by atoms with Gasteiger partial charge in [0, 0.05) is 4.47 Å². The van der Waals surface area contributed by atoms with Crippen molar-refractivity contribution in [2.24, 2.45) is 0 Å². The lowest BCUT2D eigenvalue weighted by Crippen LogP contribution is -2.06. The molecule has 1 atom stereocenters. The van der Waals surface area contributed by atoms with Gasteiger partial charge in [-0.2, -0.15) is 0 Å². The second-order valence-corrected chi connectivity index (χ2v) is 6.08. The number of aliphatic hydroxyl groups excluding tert-OH is 1. The third-order valence-electron chi connectivity index (χ3n) is 2.81. The third-order valence-corrected chi connectivity index (χ3v) is 4.04. The third kappa shape index (κ3) is 3.75. The standard InChI is InChI=1S/C16H16BrClO2/c1-10(2)20-13-5-3-4-11(8-13)16(19)12-6-7-14(17)15(18)9-12/h3-10,16,19H,1-2H3. The van der Waals surface area contributed by atoms with E-state index in [9.17, 15) is 5.11 Å². The fraction of sp³-hybridized carbons (Fsp3) is 0.250. The van der Waals surface area contributed by atoms with Gasteiger partial charge < -0.3 is 9.84 Å². The number of hydrogen-bond acceptors (Lipinski definition) is 2. The van der Waals surface area contributed by atoms with E-state index in [1.165, 1.54) is 0 Å². The molecule has 0 radical (unpaired) electrons. The quantitative estimate of drug-likeness (QED) is 0.839. The summed E-state index contributed by atoms with van der Waals surface area (Å²) < 4.78 is 6.45. The monoisotopic (exact) mass is 354 g/mol. The van der Waals surface area contributed by atoms with Crippen LogP contribution < -0.4 is 4.74 Å². The molecule has 0 spiro atoms. The molecule has 2 nitrogen and oxygen atoms in total. The van der Waals surface area contributed by atoms with Crippen LogP contribution in [0.15, 0.2) is 46.9 Å². The van der Waals surface area contributed by atoms with E-state index in [0.717, 1.165) is 21.3 Å². The van der Waals surface area contributed by atoms with E-state index in [2.05, 4.69) is 15.9 Å². The minimum absolute atomic E-state index is 0.101. The molecule has 106 valence electrons. The smallest absolute Gasteiger partial charge is 0.120 e. The van der Waals surface area contributed by atoms with Gasteiger partial charge in [0.15, 0.2) is 0 Å².